The minimum absolute atomic E-state index is 0.000602. The lowest BCUT2D eigenvalue weighted by Crippen LogP contribution is -2.16. The number of fused-ring (bicyclic) bond motifs is 1. The normalized spacial score (nSPS) is 13.0. The van der Waals surface area contributed by atoms with E-state index >= 15 is 0 Å². The fourth-order valence-electron chi connectivity index (χ4n) is 1.71. The van der Waals surface area contributed by atoms with E-state index in [1.165, 1.54) is 0 Å². The van der Waals surface area contributed by atoms with Crippen LogP contribution in [0.1, 0.15) is 52.9 Å². The van der Waals surface area contributed by atoms with Crippen LogP contribution in [0.3, 0.4) is 0 Å². The van der Waals surface area contributed by atoms with E-state index < -0.39 is 0 Å². The first-order valence-electron chi connectivity index (χ1n) is 6.33. The monoisotopic (exact) mass is 243 g/mol. The van der Waals surface area contributed by atoms with Gasteiger partial charge in [0.25, 0.3) is 0 Å². The van der Waals surface area contributed by atoms with Crippen molar-refractivity contribution < 1.29 is 0 Å². The Kier molecular flexibility index (Phi) is 2.88. The molecule has 0 atom stereocenters. The van der Waals surface area contributed by atoms with E-state index in [4.69, 9.17) is 4.98 Å². The van der Waals surface area contributed by atoms with Crippen molar-refractivity contribution in [3.63, 3.8) is 0 Å². The summed E-state index contributed by atoms with van der Waals surface area (Å²) < 4.78 is 0. The maximum atomic E-state index is 4.72. The Labute approximate surface area is 109 Å². The summed E-state index contributed by atoms with van der Waals surface area (Å²) in [7, 11) is 0. The second-order valence-electron chi connectivity index (χ2n) is 6.83. The molecule has 0 saturated heterocycles. The van der Waals surface area contributed by atoms with Gasteiger partial charge in [-0.15, -0.1) is 5.10 Å². The molecule has 0 aromatic carbocycles. The van der Waals surface area contributed by atoms with Crippen molar-refractivity contribution in [3.05, 3.63) is 29.6 Å². The van der Waals surface area contributed by atoms with Gasteiger partial charge in [-0.2, -0.15) is 5.10 Å². The van der Waals surface area contributed by atoms with E-state index in [-0.39, 0.29) is 10.8 Å². The van der Waals surface area contributed by atoms with Crippen molar-refractivity contribution in [3.8, 4) is 0 Å². The molecule has 2 aromatic heterocycles. The largest absolute Gasteiger partial charge is 0.250 e. The highest BCUT2D eigenvalue weighted by Gasteiger charge is 2.19. The van der Waals surface area contributed by atoms with Gasteiger partial charge in [0.05, 0.1) is 11.2 Å². The summed E-state index contributed by atoms with van der Waals surface area (Å²) >= 11 is 0. The van der Waals surface area contributed by atoms with Gasteiger partial charge in [-0.25, -0.2) is 0 Å². The molecule has 0 unspecified atom stereocenters. The number of hydrogen-bond acceptors (Lipinski definition) is 3. The van der Waals surface area contributed by atoms with Gasteiger partial charge in [0.15, 0.2) is 0 Å². The lowest BCUT2D eigenvalue weighted by atomic mass is 9.90. The van der Waals surface area contributed by atoms with Crippen LogP contribution in [0.5, 0.6) is 0 Å². The second-order valence-corrected chi connectivity index (χ2v) is 6.83. The van der Waals surface area contributed by atoms with Gasteiger partial charge in [0.1, 0.15) is 5.52 Å². The Bertz CT molecular complexity index is 526. The molecular formula is C15H21N3. The first kappa shape index (κ1) is 12.9. The third kappa shape index (κ3) is 2.50. The molecule has 0 amide bonds. The minimum atomic E-state index is 0.000602. The summed E-state index contributed by atoms with van der Waals surface area (Å²) in [5.41, 5.74) is 3.91. The van der Waals surface area contributed by atoms with Crippen LogP contribution in [0.15, 0.2) is 18.2 Å². The summed E-state index contributed by atoms with van der Waals surface area (Å²) in [5.74, 6) is 0. The standard InChI is InChI=1S/C15H21N3/c1-14(2,3)12-8-7-10-11(16-12)9-13(18-17-10)15(4,5)6/h7-9H,1-6H3. The number of pyridine rings is 1. The molecule has 0 radical (unpaired) electrons. The molecule has 3 heteroatoms. The Morgan fingerprint density at radius 2 is 1.33 bits per heavy atom. The van der Waals surface area contributed by atoms with Crippen LogP contribution in [0.4, 0.5) is 0 Å². The molecule has 0 aliphatic rings. The molecule has 0 saturated carbocycles. The predicted molar refractivity (Wildman–Crippen MR) is 74.7 cm³/mol. The molecule has 2 rings (SSSR count). The highest BCUT2D eigenvalue weighted by molar-refractivity contribution is 5.74. The third-order valence-electron chi connectivity index (χ3n) is 2.98. The Hall–Kier alpha value is -1.51. The molecule has 0 fully saturated rings. The van der Waals surface area contributed by atoms with E-state index in [1.807, 2.05) is 12.1 Å². The third-order valence-corrected chi connectivity index (χ3v) is 2.98. The van der Waals surface area contributed by atoms with Crippen LogP contribution >= 0.6 is 0 Å². The van der Waals surface area contributed by atoms with Gasteiger partial charge in [0, 0.05) is 16.5 Å². The summed E-state index contributed by atoms with van der Waals surface area (Å²) in [4.78, 5) is 4.72. The molecule has 0 N–H and O–H groups in total. The van der Waals surface area contributed by atoms with Crippen molar-refractivity contribution in [2.45, 2.75) is 52.4 Å². The van der Waals surface area contributed by atoms with Crippen LogP contribution in [0.2, 0.25) is 0 Å². The zero-order chi connectivity index (χ0) is 13.6. The van der Waals surface area contributed by atoms with Gasteiger partial charge >= 0.3 is 0 Å². The smallest absolute Gasteiger partial charge is 0.111 e. The molecule has 3 nitrogen and oxygen atoms in total. The van der Waals surface area contributed by atoms with Crippen molar-refractivity contribution in [1.29, 1.82) is 0 Å². The molecule has 18 heavy (non-hydrogen) atoms. The van der Waals surface area contributed by atoms with Crippen LogP contribution in [0, 0.1) is 0 Å². The van der Waals surface area contributed by atoms with Gasteiger partial charge in [-0.3, -0.25) is 4.98 Å². The summed E-state index contributed by atoms with van der Waals surface area (Å²) in [6.45, 7) is 12.9. The van der Waals surface area contributed by atoms with Crippen molar-refractivity contribution in [2.24, 2.45) is 0 Å². The van der Waals surface area contributed by atoms with Crippen molar-refractivity contribution >= 4 is 11.0 Å². The average molecular weight is 243 g/mol. The van der Waals surface area contributed by atoms with E-state index in [9.17, 15) is 0 Å². The van der Waals surface area contributed by atoms with E-state index in [2.05, 4.69) is 57.8 Å². The summed E-state index contributed by atoms with van der Waals surface area (Å²) in [6, 6.07) is 6.09. The van der Waals surface area contributed by atoms with Crippen molar-refractivity contribution in [2.75, 3.05) is 0 Å². The number of nitrogens with zero attached hydrogens (tertiary/aromatic N) is 3. The van der Waals surface area contributed by atoms with Gasteiger partial charge in [0.2, 0.25) is 0 Å². The molecule has 0 spiro atoms. The summed E-state index contributed by atoms with van der Waals surface area (Å²) in [6.07, 6.45) is 0. The fraction of sp³-hybridized carbons (Fsp3) is 0.533. The van der Waals surface area contributed by atoms with Crippen molar-refractivity contribution in [1.82, 2.24) is 15.2 Å². The minimum Gasteiger partial charge on any atom is -0.250 e. The van der Waals surface area contributed by atoms with Gasteiger partial charge < -0.3 is 0 Å². The highest BCUT2D eigenvalue weighted by atomic mass is 15.1. The number of rotatable bonds is 0. The highest BCUT2D eigenvalue weighted by Crippen LogP contribution is 2.25. The number of hydrogen-bond donors (Lipinski definition) is 0. The first-order chi connectivity index (χ1) is 8.18. The van der Waals surface area contributed by atoms with Crippen LogP contribution < -0.4 is 0 Å². The lowest BCUT2D eigenvalue weighted by Gasteiger charge is -2.19. The van der Waals surface area contributed by atoms with Crippen LogP contribution in [-0.2, 0) is 10.8 Å². The van der Waals surface area contributed by atoms with Gasteiger partial charge in [-0.05, 0) is 18.2 Å². The van der Waals surface area contributed by atoms with E-state index in [0.717, 1.165) is 22.4 Å². The van der Waals surface area contributed by atoms with Crippen LogP contribution in [-0.4, -0.2) is 15.2 Å². The Morgan fingerprint density at radius 3 is 1.89 bits per heavy atom. The zero-order valence-electron chi connectivity index (χ0n) is 12.1. The Balaban J connectivity index is 2.61. The quantitative estimate of drug-likeness (QED) is 0.709. The lowest BCUT2D eigenvalue weighted by molar-refractivity contribution is 0.559. The van der Waals surface area contributed by atoms with Gasteiger partial charge in [-0.1, -0.05) is 41.5 Å². The van der Waals surface area contributed by atoms with E-state index in [0.29, 0.717) is 0 Å². The predicted octanol–water partition coefficient (Wildman–Crippen LogP) is 3.62. The second kappa shape index (κ2) is 4.01. The molecule has 0 aliphatic carbocycles. The number of aromatic nitrogens is 3. The average Bonchev–Trinajstić information content (AvgIpc) is 2.25. The molecule has 96 valence electrons. The maximum Gasteiger partial charge on any atom is 0.111 e. The molecule has 2 aromatic rings. The SMILES string of the molecule is CC(C)(C)c1cc2nc(C(C)(C)C)ccc2nn1. The first-order valence-corrected chi connectivity index (χ1v) is 6.33. The topological polar surface area (TPSA) is 38.7 Å². The molecular weight excluding hydrogens is 222 g/mol. The molecule has 0 aliphatic heterocycles. The Morgan fingerprint density at radius 1 is 0.722 bits per heavy atom. The maximum absolute atomic E-state index is 4.72. The summed E-state index contributed by atoms with van der Waals surface area (Å²) in [5, 5.41) is 8.54. The zero-order valence-corrected chi connectivity index (χ0v) is 12.1. The molecule has 2 heterocycles. The van der Waals surface area contributed by atoms with E-state index in [1.54, 1.807) is 0 Å². The fourth-order valence-corrected chi connectivity index (χ4v) is 1.71. The molecule has 0 bridgehead atoms. The van der Waals surface area contributed by atoms with Crippen LogP contribution in [0.25, 0.3) is 11.0 Å².